The summed E-state index contributed by atoms with van der Waals surface area (Å²) in [6.45, 7) is 2.38. The van der Waals surface area contributed by atoms with Crippen LogP contribution in [0, 0.1) is 0 Å². The van der Waals surface area contributed by atoms with Crippen molar-refractivity contribution in [1.82, 2.24) is 4.90 Å². The molecule has 7 nitrogen and oxygen atoms in total. The fraction of sp³-hybridized carbons (Fsp3) is 0.148. The fourth-order valence-corrected chi connectivity index (χ4v) is 4.55. The number of hydrogen-bond donors (Lipinski definition) is 0. The van der Waals surface area contributed by atoms with Crippen LogP contribution in [0.25, 0.3) is 6.08 Å². The number of halogens is 2. The standard InChI is InChI=1S/C27H21Cl2NO6S/c1-2-34-23-14-17(6-11-22(23)36-26(32)18-4-3-5-20(29)16-18)15-24-25(31)30(27(33)37-24)12-13-35-21-9-7-19(28)8-10-21/h3-11,14-16H,2,12-13H2,1H3/b24-15-. The third-order valence-electron chi connectivity index (χ3n) is 5.10. The minimum Gasteiger partial charge on any atom is -0.492 e. The Morgan fingerprint density at radius 1 is 0.946 bits per heavy atom. The Morgan fingerprint density at radius 3 is 2.46 bits per heavy atom. The lowest BCUT2D eigenvalue weighted by Gasteiger charge is -2.13. The van der Waals surface area contributed by atoms with Crippen molar-refractivity contribution in [3.05, 3.63) is 92.8 Å². The molecule has 2 amide bonds. The largest absolute Gasteiger partial charge is 0.492 e. The van der Waals surface area contributed by atoms with Gasteiger partial charge in [0.2, 0.25) is 0 Å². The van der Waals surface area contributed by atoms with Crippen LogP contribution >= 0.6 is 35.0 Å². The number of carbonyl (C=O) groups excluding carboxylic acids is 3. The molecule has 0 bridgehead atoms. The normalized spacial score (nSPS) is 14.2. The van der Waals surface area contributed by atoms with Crippen molar-refractivity contribution in [2.75, 3.05) is 19.8 Å². The van der Waals surface area contributed by atoms with Gasteiger partial charge in [-0.15, -0.1) is 0 Å². The molecule has 0 aliphatic carbocycles. The van der Waals surface area contributed by atoms with E-state index < -0.39 is 11.9 Å². The molecule has 0 N–H and O–H groups in total. The molecule has 0 saturated carbocycles. The van der Waals surface area contributed by atoms with Gasteiger partial charge >= 0.3 is 5.97 Å². The highest BCUT2D eigenvalue weighted by molar-refractivity contribution is 8.18. The maximum Gasteiger partial charge on any atom is 0.343 e. The molecule has 0 spiro atoms. The molecule has 1 heterocycles. The summed E-state index contributed by atoms with van der Waals surface area (Å²) in [7, 11) is 0. The van der Waals surface area contributed by atoms with Crippen molar-refractivity contribution in [3.63, 3.8) is 0 Å². The van der Waals surface area contributed by atoms with Gasteiger partial charge in [-0.3, -0.25) is 14.5 Å². The second kappa shape index (κ2) is 12.2. The molecule has 1 aliphatic heterocycles. The van der Waals surface area contributed by atoms with E-state index in [2.05, 4.69) is 0 Å². The van der Waals surface area contributed by atoms with Gasteiger partial charge in [-0.25, -0.2) is 4.79 Å². The zero-order valence-corrected chi connectivity index (χ0v) is 21.9. The van der Waals surface area contributed by atoms with Gasteiger partial charge < -0.3 is 14.2 Å². The molecule has 0 aromatic heterocycles. The number of benzene rings is 3. The summed E-state index contributed by atoms with van der Waals surface area (Å²) in [5.41, 5.74) is 0.904. The summed E-state index contributed by atoms with van der Waals surface area (Å²) in [5, 5.41) is 0.622. The molecule has 1 saturated heterocycles. The van der Waals surface area contributed by atoms with Gasteiger partial charge in [-0.05, 0) is 84.9 Å². The Bertz CT molecular complexity index is 1360. The van der Waals surface area contributed by atoms with Crippen molar-refractivity contribution in [3.8, 4) is 17.2 Å². The van der Waals surface area contributed by atoms with E-state index in [1.54, 1.807) is 73.7 Å². The lowest BCUT2D eigenvalue weighted by molar-refractivity contribution is -0.123. The number of carbonyl (C=O) groups is 3. The van der Waals surface area contributed by atoms with Gasteiger partial charge in [0.1, 0.15) is 12.4 Å². The zero-order chi connectivity index (χ0) is 26.4. The Morgan fingerprint density at radius 2 is 1.73 bits per heavy atom. The quantitative estimate of drug-likeness (QED) is 0.164. The maximum absolute atomic E-state index is 12.8. The molecule has 4 rings (SSSR count). The number of amides is 2. The maximum atomic E-state index is 12.8. The van der Waals surface area contributed by atoms with Gasteiger partial charge in [0.15, 0.2) is 11.5 Å². The number of nitrogens with zero attached hydrogens (tertiary/aromatic N) is 1. The Balaban J connectivity index is 1.44. The van der Waals surface area contributed by atoms with Crippen molar-refractivity contribution >= 4 is 58.2 Å². The summed E-state index contributed by atoms with van der Waals surface area (Å²) < 4.78 is 16.8. The first kappa shape index (κ1) is 26.6. The van der Waals surface area contributed by atoms with Crippen LogP contribution in [0.2, 0.25) is 10.0 Å². The van der Waals surface area contributed by atoms with Crippen molar-refractivity contribution in [2.45, 2.75) is 6.92 Å². The molecular weight excluding hydrogens is 537 g/mol. The van der Waals surface area contributed by atoms with E-state index in [0.29, 0.717) is 39.3 Å². The second-order valence-electron chi connectivity index (χ2n) is 7.67. The molecule has 3 aromatic carbocycles. The third-order valence-corrected chi connectivity index (χ3v) is 6.49. The molecule has 0 atom stereocenters. The average molecular weight is 558 g/mol. The summed E-state index contributed by atoms with van der Waals surface area (Å²) >= 11 is 12.7. The molecular formula is C27H21Cl2NO6S. The lowest BCUT2D eigenvalue weighted by Crippen LogP contribution is -2.32. The lowest BCUT2D eigenvalue weighted by atomic mass is 10.1. The monoisotopic (exact) mass is 557 g/mol. The third kappa shape index (κ3) is 6.85. The predicted octanol–water partition coefficient (Wildman–Crippen LogP) is 6.73. The van der Waals surface area contributed by atoms with Gasteiger partial charge in [0.25, 0.3) is 11.1 Å². The highest BCUT2D eigenvalue weighted by Crippen LogP contribution is 2.35. The fourth-order valence-electron chi connectivity index (χ4n) is 3.37. The predicted molar refractivity (Wildman–Crippen MR) is 144 cm³/mol. The van der Waals surface area contributed by atoms with Crippen LogP contribution in [0.15, 0.2) is 71.6 Å². The Kier molecular flexibility index (Phi) is 8.76. The van der Waals surface area contributed by atoms with Gasteiger partial charge in [0, 0.05) is 10.0 Å². The number of esters is 1. The molecule has 0 unspecified atom stereocenters. The first-order valence-corrected chi connectivity index (χ1v) is 12.8. The minimum atomic E-state index is -0.585. The summed E-state index contributed by atoms with van der Waals surface area (Å²) in [6, 6.07) is 18.1. The molecule has 1 aliphatic rings. The number of imide groups is 1. The summed E-state index contributed by atoms with van der Waals surface area (Å²) in [5.74, 6) is 0.132. The van der Waals surface area contributed by atoms with Crippen molar-refractivity contribution in [2.24, 2.45) is 0 Å². The minimum absolute atomic E-state index is 0.104. The van der Waals surface area contributed by atoms with Crippen LogP contribution in [-0.2, 0) is 4.79 Å². The van der Waals surface area contributed by atoms with Gasteiger partial charge in [0.05, 0.1) is 23.6 Å². The highest BCUT2D eigenvalue weighted by atomic mass is 35.5. The Labute approximate surface area is 227 Å². The molecule has 37 heavy (non-hydrogen) atoms. The van der Waals surface area contributed by atoms with Crippen LogP contribution in [0.5, 0.6) is 17.2 Å². The first-order chi connectivity index (χ1) is 17.8. The molecule has 1 fully saturated rings. The first-order valence-electron chi connectivity index (χ1n) is 11.2. The summed E-state index contributed by atoms with van der Waals surface area (Å²) in [6.07, 6.45) is 1.59. The highest BCUT2D eigenvalue weighted by Gasteiger charge is 2.34. The van der Waals surface area contributed by atoms with Crippen LogP contribution in [-0.4, -0.2) is 41.8 Å². The zero-order valence-electron chi connectivity index (χ0n) is 19.6. The number of hydrogen-bond acceptors (Lipinski definition) is 7. The van der Waals surface area contributed by atoms with E-state index in [0.717, 1.165) is 16.7 Å². The van der Waals surface area contributed by atoms with Gasteiger partial charge in [-0.2, -0.15) is 0 Å². The van der Waals surface area contributed by atoms with Crippen molar-refractivity contribution < 1.29 is 28.6 Å². The van der Waals surface area contributed by atoms with E-state index in [1.807, 2.05) is 0 Å². The average Bonchev–Trinajstić information content (AvgIpc) is 3.14. The number of rotatable bonds is 9. The summed E-state index contributed by atoms with van der Waals surface area (Å²) in [4.78, 5) is 39.2. The van der Waals surface area contributed by atoms with Gasteiger partial charge in [-0.1, -0.05) is 35.3 Å². The molecule has 10 heteroatoms. The molecule has 0 radical (unpaired) electrons. The number of ether oxygens (including phenoxy) is 3. The van der Waals surface area contributed by atoms with Crippen molar-refractivity contribution in [1.29, 1.82) is 0 Å². The topological polar surface area (TPSA) is 82.1 Å². The smallest absolute Gasteiger partial charge is 0.343 e. The van der Waals surface area contributed by atoms with E-state index in [9.17, 15) is 14.4 Å². The van der Waals surface area contributed by atoms with Crippen LogP contribution in [0.3, 0.4) is 0 Å². The van der Waals surface area contributed by atoms with E-state index in [1.165, 1.54) is 6.07 Å². The van der Waals surface area contributed by atoms with E-state index in [-0.39, 0.29) is 29.0 Å². The van der Waals surface area contributed by atoms with Crippen LogP contribution in [0.1, 0.15) is 22.8 Å². The van der Waals surface area contributed by atoms with E-state index >= 15 is 0 Å². The van der Waals surface area contributed by atoms with Crippen LogP contribution < -0.4 is 14.2 Å². The van der Waals surface area contributed by atoms with Crippen LogP contribution in [0.4, 0.5) is 4.79 Å². The molecule has 3 aromatic rings. The Hall–Kier alpha value is -3.46. The molecule has 190 valence electrons. The SMILES string of the molecule is CCOc1cc(/C=C2\SC(=O)N(CCOc3ccc(Cl)cc3)C2=O)ccc1OC(=O)c1cccc(Cl)c1. The number of thioether (sulfide) groups is 1. The second-order valence-corrected chi connectivity index (χ2v) is 9.54. The van der Waals surface area contributed by atoms with E-state index in [4.69, 9.17) is 37.4 Å².